The average Bonchev–Trinajstić information content (AvgIpc) is 3.77. The molecule has 2 aromatic carbocycles. The molecule has 276 valence electrons. The predicted octanol–water partition coefficient (Wildman–Crippen LogP) is 5.14. The third kappa shape index (κ3) is 8.09. The van der Waals surface area contributed by atoms with Crippen LogP contribution >= 0.6 is 0 Å². The lowest BCUT2D eigenvalue weighted by Gasteiger charge is -2.52. The van der Waals surface area contributed by atoms with Crippen LogP contribution < -0.4 is 10.1 Å². The Hall–Kier alpha value is -3.98. The molecule has 3 fully saturated rings. The number of fused-ring (bicyclic) bond motifs is 1. The second-order valence-corrected chi connectivity index (χ2v) is 13.9. The van der Waals surface area contributed by atoms with Gasteiger partial charge in [0.05, 0.1) is 36.9 Å². The lowest BCUT2D eigenvalue weighted by Crippen LogP contribution is -2.71. The van der Waals surface area contributed by atoms with Gasteiger partial charge >= 0.3 is 12.1 Å². The first-order chi connectivity index (χ1) is 24.4. The molecule has 1 aliphatic carbocycles. The van der Waals surface area contributed by atoms with Crippen molar-refractivity contribution in [1.82, 2.24) is 19.3 Å². The standard InChI is InChI=1S/C37H46F3N5O6/c1-42-23-29(28-7-3-4-8-31(28)42)34(47)41-30-14-9-25(21-32(30)50-2)22-33(46)37(44-15-5-6-16-44,51-27-12-10-26(11-13-27)35(48)49)45-19-17-43(18-20-45)24-36(38,39)40/h3-4,7-9,14,21,23,26-27H,5-6,10-13,15-20,22,24H2,1-2H3,(H,41,47)(H,48,49)/t26-,27-,37?. The van der Waals surface area contributed by atoms with Gasteiger partial charge in [-0.1, -0.05) is 24.3 Å². The zero-order valence-electron chi connectivity index (χ0n) is 29.1. The third-order valence-corrected chi connectivity index (χ3v) is 10.5. The molecule has 1 aromatic heterocycles. The van der Waals surface area contributed by atoms with Gasteiger partial charge in [-0.25, -0.2) is 0 Å². The third-order valence-electron chi connectivity index (χ3n) is 10.5. The van der Waals surface area contributed by atoms with Gasteiger partial charge in [-0.3, -0.25) is 29.1 Å². The molecule has 0 bridgehead atoms. The summed E-state index contributed by atoms with van der Waals surface area (Å²) in [6.07, 6.45) is 0.460. The summed E-state index contributed by atoms with van der Waals surface area (Å²) in [5.41, 5.74) is 2.49. The van der Waals surface area contributed by atoms with Crippen LogP contribution in [0.5, 0.6) is 5.75 Å². The summed E-state index contributed by atoms with van der Waals surface area (Å²) < 4.78 is 54.3. The van der Waals surface area contributed by atoms with E-state index >= 15 is 0 Å². The summed E-state index contributed by atoms with van der Waals surface area (Å²) >= 11 is 0. The number of methoxy groups -OCH3 is 1. The summed E-state index contributed by atoms with van der Waals surface area (Å²) in [6.45, 7) is 0.793. The van der Waals surface area contributed by atoms with E-state index in [0.29, 0.717) is 61.3 Å². The number of hydrogen-bond donors (Lipinski definition) is 2. The first kappa shape index (κ1) is 36.8. The molecule has 6 rings (SSSR count). The van der Waals surface area contributed by atoms with Gasteiger partial charge in [0.2, 0.25) is 5.85 Å². The van der Waals surface area contributed by atoms with Crippen LogP contribution in [0.3, 0.4) is 0 Å². The molecule has 3 heterocycles. The van der Waals surface area contributed by atoms with Gasteiger partial charge in [-0.15, -0.1) is 0 Å². The lowest BCUT2D eigenvalue weighted by molar-refractivity contribution is -0.262. The number of aromatic nitrogens is 1. The van der Waals surface area contributed by atoms with Crippen LogP contribution in [0.15, 0.2) is 48.7 Å². The number of aryl methyl sites for hydroxylation is 1. The minimum atomic E-state index is -4.33. The van der Waals surface area contributed by atoms with Gasteiger partial charge in [-0.05, 0) is 62.3 Å². The quantitative estimate of drug-likeness (QED) is 0.263. The number of aliphatic carboxylic acids is 1. The van der Waals surface area contributed by atoms with Gasteiger partial charge in [0.25, 0.3) is 5.91 Å². The number of carboxylic acid groups (broad SMARTS) is 1. The average molecular weight is 714 g/mol. The number of ether oxygens (including phenoxy) is 2. The number of piperazine rings is 1. The molecular formula is C37H46F3N5O6. The maximum absolute atomic E-state index is 14.8. The van der Waals surface area contributed by atoms with Crippen molar-refractivity contribution < 1.29 is 42.1 Å². The summed E-state index contributed by atoms with van der Waals surface area (Å²) in [5, 5.41) is 13.3. The van der Waals surface area contributed by atoms with E-state index in [4.69, 9.17) is 9.47 Å². The van der Waals surface area contributed by atoms with E-state index in [0.717, 1.165) is 23.7 Å². The Bertz CT molecular complexity index is 1720. The number of rotatable bonds is 12. The topological polar surface area (TPSA) is 117 Å². The first-order valence-corrected chi connectivity index (χ1v) is 17.6. The van der Waals surface area contributed by atoms with Crippen molar-refractivity contribution in [3.8, 4) is 5.75 Å². The lowest BCUT2D eigenvalue weighted by atomic mass is 9.87. The molecule has 51 heavy (non-hydrogen) atoms. The van der Waals surface area contributed by atoms with Crippen molar-refractivity contribution in [3.05, 3.63) is 59.8 Å². The molecular weight excluding hydrogens is 667 g/mol. The Morgan fingerprint density at radius 3 is 2.24 bits per heavy atom. The first-order valence-electron chi connectivity index (χ1n) is 17.6. The predicted molar refractivity (Wildman–Crippen MR) is 185 cm³/mol. The number of carboxylic acids is 1. The molecule has 1 amide bonds. The summed E-state index contributed by atoms with van der Waals surface area (Å²) in [6, 6.07) is 12.8. The fourth-order valence-electron chi connectivity index (χ4n) is 7.87. The Morgan fingerprint density at radius 2 is 1.59 bits per heavy atom. The summed E-state index contributed by atoms with van der Waals surface area (Å²) in [5.74, 6) is -3.03. The Morgan fingerprint density at radius 1 is 0.922 bits per heavy atom. The molecule has 2 aliphatic heterocycles. The van der Waals surface area contributed by atoms with Crippen LogP contribution in [0.1, 0.15) is 54.4 Å². The van der Waals surface area contributed by atoms with Gasteiger partial charge < -0.3 is 24.5 Å². The van der Waals surface area contributed by atoms with Crippen molar-refractivity contribution in [2.24, 2.45) is 13.0 Å². The molecule has 0 radical (unpaired) electrons. The van der Waals surface area contributed by atoms with Gasteiger partial charge in [0.1, 0.15) is 5.75 Å². The monoisotopic (exact) mass is 713 g/mol. The molecule has 11 nitrogen and oxygen atoms in total. The SMILES string of the molecule is COc1cc(CC(=O)C(O[C@H]2CC[C@H](C(=O)O)CC2)(N2CCCC2)N2CCN(CC(F)(F)F)CC2)ccc1NC(=O)c1cn(C)c2ccccc12. The molecule has 14 heteroatoms. The number of amides is 1. The van der Waals surface area contributed by atoms with Gasteiger partial charge in [-0.2, -0.15) is 13.2 Å². The number of carbonyl (C=O) groups is 3. The van der Waals surface area contributed by atoms with Gasteiger partial charge in [0.15, 0.2) is 5.78 Å². The van der Waals surface area contributed by atoms with Crippen LogP contribution in [-0.2, 0) is 27.8 Å². The summed E-state index contributed by atoms with van der Waals surface area (Å²) in [7, 11) is 3.36. The van der Waals surface area contributed by atoms with E-state index in [-0.39, 0.29) is 50.4 Å². The van der Waals surface area contributed by atoms with Crippen LogP contribution in [0.2, 0.25) is 0 Å². The number of anilines is 1. The fraction of sp³-hybridized carbons (Fsp3) is 0.541. The molecule has 3 aromatic rings. The fourth-order valence-corrected chi connectivity index (χ4v) is 7.87. The van der Waals surface area contributed by atoms with Crippen molar-refractivity contribution in [3.63, 3.8) is 0 Å². The van der Waals surface area contributed by atoms with Crippen LogP contribution in [0.25, 0.3) is 10.9 Å². The number of Topliss-reactive ketones (excluding diaryl/α,β-unsaturated/α-hetero) is 1. The van der Waals surface area contributed by atoms with Crippen molar-refractivity contribution >= 4 is 34.3 Å². The molecule has 3 aliphatic rings. The van der Waals surface area contributed by atoms with Crippen molar-refractivity contribution in [1.29, 1.82) is 0 Å². The highest BCUT2D eigenvalue weighted by Gasteiger charge is 2.53. The molecule has 2 saturated heterocycles. The van der Waals surface area contributed by atoms with E-state index in [1.165, 1.54) is 12.0 Å². The summed E-state index contributed by atoms with van der Waals surface area (Å²) in [4.78, 5) is 45.2. The maximum Gasteiger partial charge on any atom is 0.401 e. The number of benzene rings is 2. The van der Waals surface area contributed by atoms with E-state index in [1.54, 1.807) is 24.4 Å². The highest BCUT2D eigenvalue weighted by molar-refractivity contribution is 6.13. The second kappa shape index (κ2) is 15.3. The number of ketones is 1. The number of halogens is 3. The number of hydrogen-bond acceptors (Lipinski definition) is 8. The van der Waals surface area contributed by atoms with Crippen LogP contribution in [0.4, 0.5) is 18.9 Å². The molecule has 1 atom stereocenters. The van der Waals surface area contributed by atoms with E-state index in [1.807, 2.05) is 45.7 Å². The van der Waals surface area contributed by atoms with E-state index < -0.39 is 30.5 Å². The van der Waals surface area contributed by atoms with Crippen molar-refractivity contribution in [2.45, 2.75) is 63.1 Å². The number of para-hydroxylation sites is 1. The minimum absolute atomic E-state index is 0.0579. The highest BCUT2D eigenvalue weighted by Crippen LogP contribution is 2.37. The largest absolute Gasteiger partial charge is 0.495 e. The van der Waals surface area contributed by atoms with Crippen molar-refractivity contribution in [2.75, 3.05) is 58.2 Å². The van der Waals surface area contributed by atoms with E-state index in [2.05, 4.69) is 5.32 Å². The number of nitrogens with zero attached hydrogens (tertiary/aromatic N) is 4. The number of nitrogens with one attached hydrogen (secondary N) is 1. The normalized spacial score (nSPS) is 22.1. The number of carbonyl (C=O) groups excluding carboxylic acids is 2. The zero-order valence-corrected chi connectivity index (χ0v) is 29.1. The number of likely N-dealkylation sites (tertiary alicyclic amines) is 1. The number of alkyl halides is 3. The molecule has 0 spiro atoms. The zero-order chi connectivity index (χ0) is 36.3. The Kier molecular flexibility index (Phi) is 11.1. The minimum Gasteiger partial charge on any atom is -0.495 e. The highest BCUT2D eigenvalue weighted by atomic mass is 19.4. The molecule has 1 unspecified atom stereocenters. The molecule has 2 N–H and O–H groups in total. The van der Waals surface area contributed by atoms with Crippen LogP contribution in [0, 0.1) is 5.92 Å². The Labute approximate surface area is 295 Å². The molecule has 1 saturated carbocycles. The second-order valence-electron chi connectivity index (χ2n) is 13.9. The van der Waals surface area contributed by atoms with E-state index in [9.17, 15) is 32.7 Å². The smallest absolute Gasteiger partial charge is 0.401 e. The Balaban J connectivity index is 1.26. The van der Waals surface area contributed by atoms with Crippen LogP contribution in [-0.4, -0.2) is 113 Å². The maximum atomic E-state index is 14.8. The van der Waals surface area contributed by atoms with Gasteiger partial charge in [0, 0.05) is 69.8 Å².